The molecule has 2 heterocycles. The van der Waals surface area contributed by atoms with Gasteiger partial charge in [-0.3, -0.25) is 18.3 Å². The van der Waals surface area contributed by atoms with Gasteiger partial charge in [0.15, 0.2) is 0 Å². The monoisotopic (exact) mass is 496 g/mol. The van der Waals surface area contributed by atoms with Gasteiger partial charge in [-0.25, -0.2) is 0 Å². The zero-order valence-electron chi connectivity index (χ0n) is 19.2. The van der Waals surface area contributed by atoms with E-state index in [1.54, 1.807) is 72.0 Å². The van der Waals surface area contributed by atoms with E-state index >= 15 is 0 Å². The van der Waals surface area contributed by atoms with Crippen LogP contribution in [0.25, 0.3) is 10.9 Å². The fourth-order valence-electron chi connectivity index (χ4n) is 4.14. The van der Waals surface area contributed by atoms with Crippen molar-refractivity contribution in [1.29, 1.82) is 0 Å². The maximum absolute atomic E-state index is 14.0. The average Bonchev–Trinajstić information content (AvgIpc) is 3.42. The Labute approximate surface area is 211 Å². The van der Waals surface area contributed by atoms with Crippen LogP contribution in [0.3, 0.4) is 0 Å². The fourth-order valence-corrected chi connectivity index (χ4v) is 4.77. The van der Waals surface area contributed by atoms with E-state index in [1.165, 1.54) is 0 Å². The first-order valence-corrected chi connectivity index (χ1v) is 12.3. The molecule has 2 aromatic heterocycles. The molecule has 0 spiro atoms. The molecule has 1 unspecified atom stereocenters. The Balaban J connectivity index is 1.59. The number of rotatable bonds is 8. The van der Waals surface area contributed by atoms with Crippen molar-refractivity contribution in [3.8, 4) is 0 Å². The molecule has 3 aromatic carbocycles. The Kier molecular flexibility index (Phi) is 6.88. The third-order valence-electron chi connectivity index (χ3n) is 5.76. The van der Waals surface area contributed by atoms with Crippen molar-refractivity contribution in [3.63, 3.8) is 0 Å². The predicted molar refractivity (Wildman–Crippen MR) is 138 cm³/mol. The Bertz CT molecular complexity index is 1500. The molecule has 0 aliphatic heterocycles. The predicted octanol–water partition coefficient (Wildman–Crippen LogP) is 5.60. The lowest BCUT2D eigenvalue weighted by molar-refractivity contribution is 0.0718. The number of fused-ring (bicyclic) bond motifs is 1. The van der Waals surface area contributed by atoms with E-state index in [0.717, 1.165) is 15.3 Å². The van der Waals surface area contributed by atoms with E-state index in [1.807, 2.05) is 42.5 Å². The lowest BCUT2D eigenvalue weighted by Gasteiger charge is -2.30. The largest absolute Gasteiger partial charge is 0.755 e. The zero-order chi connectivity index (χ0) is 24.9. The number of furan rings is 1. The molecule has 1 atom stereocenters. The SMILES string of the molecule is O=C(c1ccccc1N(c1cccc2cccnc12)S(=O)[O-])N(Cc1ccccc1)Cc1ccco1. The molecular weight excluding hydrogens is 474 g/mol. The van der Waals surface area contributed by atoms with Crippen LogP contribution in [0.1, 0.15) is 21.7 Å². The van der Waals surface area contributed by atoms with Crippen molar-refractivity contribution in [1.82, 2.24) is 9.88 Å². The molecule has 180 valence electrons. The number of nitrogens with zero attached hydrogens (tertiary/aromatic N) is 3. The number of amides is 1. The Morgan fingerprint density at radius 3 is 2.36 bits per heavy atom. The van der Waals surface area contributed by atoms with Crippen LogP contribution in [-0.4, -0.2) is 24.6 Å². The lowest BCUT2D eigenvalue weighted by Crippen LogP contribution is -2.32. The van der Waals surface area contributed by atoms with Crippen molar-refractivity contribution in [3.05, 3.63) is 126 Å². The van der Waals surface area contributed by atoms with Crippen molar-refractivity contribution < 1.29 is 18.0 Å². The highest BCUT2D eigenvalue weighted by atomic mass is 32.2. The number of pyridine rings is 1. The first-order valence-electron chi connectivity index (χ1n) is 11.3. The summed E-state index contributed by atoms with van der Waals surface area (Å²) < 4.78 is 31.8. The molecule has 0 N–H and O–H groups in total. The number of hydrogen-bond acceptors (Lipinski definition) is 5. The smallest absolute Gasteiger partial charge is 0.256 e. The van der Waals surface area contributed by atoms with E-state index in [0.29, 0.717) is 23.5 Å². The fraction of sp³-hybridized carbons (Fsp3) is 0.0714. The van der Waals surface area contributed by atoms with Crippen LogP contribution in [0.4, 0.5) is 11.4 Å². The third kappa shape index (κ3) is 4.91. The van der Waals surface area contributed by atoms with Gasteiger partial charge in [-0.15, -0.1) is 0 Å². The van der Waals surface area contributed by atoms with Gasteiger partial charge in [-0.2, -0.15) is 0 Å². The minimum atomic E-state index is -2.72. The van der Waals surface area contributed by atoms with Gasteiger partial charge in [0.25, 0.3) is 5.91 Å². The number of aromatic nitrogens is 1. The summed E-state index contributed by atoms with van der Waals surface area (Å²) in [6.07, 6.45) is 3.17. The van der Waals surface area contributed by atoms with Gasteiger partial charge in [0.2, 0.25) is 0 Å². The minimum absolute atomic E-state index is 0.228. The number of para-hydroxylation sites is 2. The van der Waals surface area contributed by atoms with Crippen LogP contribution in [0.2, 0.25) is 0 Å². The van der Waals surface area contributed by atoms with E-state index in [9.17, 15) is 13.6 Å². The molecule has 5 rings (SSSR count). The second-order valence-electron chi connectivity index (χ2n) is 8.11. The normalized spacial score (nSPS) is 11.8. The molecule has 1 amide bonds. The molecule has 8 heteroatoms. The molecule has 0 aliphatic rings. The third-order valence-corrected chi connectivity index (χ3v) is 6.45. The lowest BCUT2D eigenvalue weighted by atomic mass is 10.1. The maximum Gasteiger partial charge on any atom is 0.256 e. The summed E-state index contributed by atoms with van der Waals surface area (Å²) in [4.78, 5) is 20.0. The summed E-state index contributed by atoms with van der Waals surface area (Å²) in [6, 6.07) is 28.8. The van der Waals surface area contributed by atoms with Crippen molar-refractivity contribution in [2.45, 2.75) is 13.1 Å². The summed E-state index contributed by atoms with van der Waals surface area (Å²) in [5.41, 5.74) is 2.31. The van der Waals surface area contributed by atoms with Gasteiger partial charge >= 0.3 is 0 Å². The maximum atomic E-state index is 14.0. The quantitative estimate of drug-likeness (QED) is 0.261. The van der Waals surface area contributed by atoms with Gasteiger partial charge in [0.05, 0.1) is 46.5 Å². The molecule has 36 heavy (non-hydrogen) atoms. The highest BCUT2D eigenvalue weighted by Crippen LogP contribution is 2.35. The van der Waals surface area contributed by atoms with Crippen LogP contribution in [0, 0.1) is 0 Å². The van der Waals surface area contributed by atoms with E-state index in [2.05, 4.69) is 4.98 Å². The summed E-state index contributed by atoms with van der Waals surface area (Å²) in [6.45, 7) is 0.552. The molecule has 0 saturated carbocycles. The van der Waals surface area contributed by atoms with E-state index in [-0.39, 0.29) is 23.7 Å². The number of anilines is 2. The minimum Gasteiger partial charge on any atom is -0.755 e. The average molecular weight is 497 g/mol. The van der Waals surface area contributed by atoms with Crippen molar-refractivity contribution in [2.75, 3.05) is 4.31 Å². The molecule has 0 aliphatic carbocycles. The molecule has 0 bridgehead atoms. The summed E-state index contributed by atoms with van der Waals surface area (Å²) in [5, 5.41) is 0.790. The standard InChI is InChI=1S/C28H23N3O4S/c32-28(30(20-23-13-8-18-35-23)19-21-9-2-1-3-10-21)24-14-4-5-15-25(24)31(36(33)34)26-16-6-11-22-12-7-17-29-27(22)26/h1-18H,19-20H2,(H,33,34)/p-1. The van der Waals surface area contributed by atoms with Crippen LogP contribution in [0.15, 0.2) is 114 Å². The van der Waals surface area contributed by atoms with Gasteiger partial charge in [0.1, 0.15) is 5.76 Å². The van der Waals surface area contributed by atoms with Crippen molar-refractivity contribution >= 4 is 39.5 Å². The van der Waals surface area contributed by atoms with Crippen LogP contribution < -0.4 is 4.31 Å². The topological polar surface area (TPSA) is 89.7 Å². The molecule has 7 nitrogen and oxygen atoms in total. The highest BCUT2D eigenvalue weighted by molar-refractivity contribution is 7.81. The first-order chi connectivity index (χ1) is 17.6. The Morgan fingerprint density at radius 2 is 1.58 bits per heavy atom. The van der Waals surface area contributed by atoms with Gasteiger partial charge < -0.3 is 13.9 Å². The number of carbonyl (C=O) groups is 1. The summed E-state index contributed by atoms with van der Waals surface area (Å²) in [7, 11) is 0. The van der Waals surface area contributed by atoms with Crippen LogP contribution in [0.5, 0.6) is 0 Å². The van der Waals surface area contributed by atoms with Gasteiger partial charge in [0, 0.05) is 18.1 Å². The first kappa shape index (κ1) is 23.5. The number of carbonyl (C=O) groups excluding carboxylic acids is 1. The van der Waals surface area contributed by atoms with E-state index in [4.69, 9.17) is 4.42 Å². The second kappa shape index (κ2) is 10.6. The highest BCUT2D eigenvalue weighted by Gasteiger charge is 2.25. The Morgan fingerprint density at radius 1 is 0.833 bits per heavy atom. The van der Waals surface area contributed by atoms with Crippen molar-refractivity contribution in [2.24, 2.45) is 0 Å². The molecule has 0 fully saturated rings. The number of hydrogen-bond donors (Lipinski definition) is 0. The second-order valence-corrected chi connectivity index (χ2v) is 8.91. The Hall–Kier alpha value is -4.27. The van der Waals surface area contributed by atoms with Gasteiger partial charge in [-0.05, 0) is 42.0 Å². The molecule has 0 saturated heterocycles. The molecule has 5 aromatic rings. The summed E-state index contributed by atoms with van der Waals surface area (Å²) in [5.74, 6) is 0.300. The van der Waals surface area contributed by atoms with Gasteiger partial charge in [-0.1, -0.05) is 60.7 Å². The number of benzene rings is 3. The van der Waals surface area contributed by atoms with Crippen LogP contribution in [-0.2, 0) is 24.4 Å². The molecular formula is C28H22N3O4S-. The summed E-state index contributed by atoms with van der Waals surface area (Å²) >= 11 is -2.72. The van der Waals surface area contributed by atoms with E-state index < -0.39 is 11.3 Å². The van der Waals surface area contributed by atoms with Crippen LogP contribution >= 0.6 is 0 Å². The molecule has 0 radical (unpaired) electrons. The zero-order valence-corrected chi connectivity index (χ0v) is 20.0.